The van der Waals surface area contributed by atoms with Gasteiger partial charge in [-0.15, -0.1) is 5.10 Å². The van der Waals surface area contributed by atoms with Crippen molar-refractivity contribution in [2.75, 3.05) is 6.61 Å². The van der Waals surface area contributed by atoms with E-state index in [0.29, 0.717) is 24.3 Å². The highest BCUT2D eigenvalue weighted by atomic mass is 19.1. The van der Waals surface area contributed by atoms with Gasteiger partial charge >= 0.3 is 0 Å². The molecular weight excluding hydrogens is 399 g/mol. The summed E-state index contributed by atoms with van der Waals surface area (Å²) in [5, 5.41) is 17.7. The minimum absolute atomic E-state index is 0.193. The largest absolute Gasteiger partial charge is 0.369 e. The van der Waals surface area contributed by atoms with Gasteiger partial charge in [-0.2, -0.15) is 5.26 Å². The van der Waals surface area contributed by atoms with Gasteiger partial charge in [0.2, 0.25) is 0 Å². The van der Waals surface area contributed by atoms with E-state index in [2.05, 4.69) is 16.4 Å². The van der Waals surface area contributed by atoms with Gasteiger partial charge in [0.15, 0.2) is 6.29 Å². The maximum absolute atomic E-state index is 13.6. The summed E-state index contributed by atoms with van der Waals surface area (Å²) < 4.78 is 33.7. The number of ether oxygens (including phenoxy) is 3. The quantitative estimate of drug-likeness (QED) is 0.638. The zero-order chi connectivity index (χ0) is 21.2. The van der Waals surface area contributed by atoms with Gasteiger partial charge in [-0.1, -0.05) is 47.7 Å². The lowest BCUT2D eigenvalue weighted by molar-refractivity contribution is -0.299. The maximum Gasteiger partial charge on any atom is 0.184 e. The smallest absolute Gasteiger partial charge is 0.184 e. The molecule has 0 spiro atoms. The number of aromatic nitrogens is 3. The topological polar surface area (TPSA) is 82.2 Å². The van der Waals surface area contributed by atoms with Crippen LogP contribution in [0.15, 0.2) is 60.8 Å². The van der Waals surface area contributed by atoms with E-state index in [9.17, 15) is 9.65 Å². The van der Waals surface area contributed by atoms with Crippen LogP contribution in [0.4, 0.5) is 4.39 Å². The second kappa shape index (κ2) is 8.55. The number of nitriles is 1. The first-order valence-electron chi connectivity index (χ1n) is 10.2. The summed E-state index contributed by atoms with van der Waals surface area (Å²) in [4.78, 5) is 0. The molecule has 1 aromatic heterocycles. The molecule has 3 heterocycles. The van der Waals surface area contributed by atoms with Crippen molar-refractivity contribution in [2.24, 2.45) is 0 Å². The second-order valence-corrected chi connectivity index (χ2v) is 7.73. The fourth-order valence-electron chi connectivity index (χ4n) is 4.20. The Labute approximate surface area is 179 Å². The molecular formula is C23H21FN4O3. The summed E-state index contributed by atoms with van der Waals surface area (Å²) in [7, 11) is 0. The number of halogens is 1. The van der Waals surface area contributed by atoms with Crippen molar-refractivity contribution in [3.63, 3.8) is 0 Å². The average Bonchev–Trinajstić information content (AvgIpc) is 3.29. The molecule has 7 nitrogen and oxygen atoms in total. The van der Waals surface area contributed by atoms with E-state index < -0.39 is 6.29 Å². The predicted octanol–water partition coefficient (Wildman–Crippen LogP) is 3.81. The van der Waals surface area contributed by atoms with Gasteiger partial charge in [-0.25, -0.2) is 9.07 Å². The normalized spacial score (nSPS) is 27.9. The summed E-state index contributed by atoms with van der Waals surface area (Å²) in [6, 6.07) is 18.0. The predicted molar refractivity (Wildman–Crippen MR) is 108 cm³/mol. The van der Waals surface area contributed by atoms with Crippen LogP contribution in [0.1, 0.15) is 30.7 Å². The number of rotatable bonds is 4. The van der Waals surface area contributed by atoms with Crippen LogP contribution in [0.2, 0.25) is 0 Å². The van der Waals surface area contributed by atoms with Gasteiger partial charge in [0.05, 0.1) is 37.4 Å². The van der Waals surface area contributed by atoms with E-state index in [1.807, 2.05) is 30.3 Å². The van der Waals surface area contributed by atoms with Gasteiger partial charge in [-0.05, 0) is 18.6 Å². The molecule has 0 radical (unpaired) electrons. The third kappa shape index (κ3) is 4.08. The standard InChI is InChI=1S/C23H21FN4O3/c24-17-8-4-7-16(11-17)19-13-28(27-26-19)20-12-18(9-10-25)30-21-14-29-23(31-22(20)21)15-5-2-1-3-6-15/h1-8,11,13,18,20-23H,9,12,14H2. The van der Waals surface area contributed by atoms with Crippen LogP contribution >= 0.6 is 0 Å². The molecule has 0 bridgehead atoms. The minimum Gasteiger partial charge on any atom is -0.369 e. The number of fused-ring (bicyclic) bond motifs is 1. The molecule has 0 amide bonds. The van der Waals surface area contributed by atoms with Crippen LogP contribution in [0.5, 0.6) is 0 Å². The number of nitrogens with zero attached hydrogens (tertiary/aromatic N) is 4. The van der Waals surface area contributed by atoms with E-state index in [4.69, 9.17) is 14.2 Å². The zero-order valence-electron chi connectivity index (χ0n) is 16.7. The first kappa shape index (κ1) is 19.8. The van der Waals surface area contributed by atoms with Crippen LogP contribution in [0.25, 0.3) is 11.3 Å². The molecule has 2 aliphatic heterocycles. The number of benzene rings is 2. The van der Waals surface area contributed by atoms with Crippen molar-refractivity contribution < 1.29 is 18.6 Å². The summed E-state index contributed by atoms with van der Waals surface area (Å²) in [5.74, 6) is -0.328. The summed E-state index contributed by atoms with van der Waals surface area (Å²) in [5.41, 5.74) is 2.16. The molecule has 0 N–H and O–H groups in total. The van der Waals surface area contributed by atoms with Gasteiger partial charge in [0, 0.05) is 11.1 Å². The fraction of sp³-hybridized carbons (Fsp3) is 0.348. The molecule has 2 fully saturated rings. The van der Waals surface area contributed by atoms with E-state index in [1.165, 1.54) is 12.1 Å². The molecule has 0 saturated carbocycles. The average molecular weight is 420 g/mol. The lowest BCUT2D eigenvalue weighted by Crippen LogP contribution is -2.53. The molecule has 31 heavy (non-hydrogen) atoms. The van der Waals surface area contributed by atoms with Crippen molar-refractivity contribution in [1.29, 1.82) is 5.26 Å². The third-order valence-corrected chi connectivity index (χ3v) is 5.67. The Morgan fingerprint density at radius 1 is 1.13 bits per heavy atom. The lowest BCUT2D eigenvalue weighted by atomic mass is 9.93. The molecule has 3 aromatic rings. The van der Waals surface area contributed by atoms with Crippen molar-refractivity contribution in [3.05, 3.63) is 72.2 Å². The van der Waals surface area contributed by atoms with Crippen LogP contribution in [0, 0.1) is 17.1 Å². The van der Waals surface area contributed by atoms with Crippen LogP contribution < -0.4 is 0 Å². The molecule has 8 heteroatoms. The Kier molecular flexibility index (Phi) is 5.47. The Bertz CT molecular complexity index is 1080. The first-order valence-corrected chi connectivity index (χ1v) is 10.2. The Hall–Kier alpha value is -3.12. The highest BCUT2D eigenvalue weighted by Gasteiger charge is 2.45. The van der Waals surface area contributed by atoms with Gasteiger partial charge in [0.25, 0.3) is 0 Å². The molecule has 5 rings (SSSR count). The van der Waals surface area contributed by atoms with E-state index in [1.54, 1.807) is 23.0 Å². The number of hydrogen-bond donors (Lipinski definition) is 0. The zero-order valence-corrected chi connectivity index (χ0v) is 16.7. The first-order chi connectivity index (χ1) is 15.2. The highest BCUT2D eigenvalue weighted by molar-refractivity contribution is 5.57. The molecule has 2 saturated heterocycles. The summed E-state index contributed by atoms with van der Waals surface area (Å²) in [6.07, 6.45) is 1.22. The van der Waals surface area contributed by atoms with Crippen molar-refractivity contribution >= 4 is 0 Å². The van der Waals surface area contributed by atoms with Crippen LogP contribution in [-0.4, -0.2) is 39.9 Å². The Morgan fingerprint density at radius 2 is 2.00 bits per heavy atom. The van der Waals surface area contributed by atoms with E-state index in [-0.39, 0.29) is 36.6 Å². The van der Waals surface area contributed by atoms with Crippen LogP contribution in [-0.2, 0) is 14.2 Å². The molecule has 5 unspecified atom stereocenters. The maximum atomic E-state index is 13.6. The minimum atomic E-state index is -0.507. The summed E-state index contributed by atoms with van der Waals surface area (Å²) in [6.45, 7) is 0.355. The van der Waals surface area contributed by atoms with Crippen molar-refractivity contribution in [3.8, 4) is 17.3 Å². The SMILES string of the molecule is N#CCC1CC(n2cc(-c3cccc(F)c3)nn2)C2OC(c3ccccc3)OCC2O1. The molecule has 0 aliphatic carbocycles. The highest BCUT2D eigenvalue weighted by Crippen LogP contribution is 2.39. The third-order valence-electron chi connectivity index (χ3n) is 5.67. The van der Waals surface area contributed by atoms with Crippen molar-refractivity contribution in [1.82, 2.24) is 15.0 Å². The number of hydrogen-bond acceptors (Lipinski definition) is 6. The molecule has 158 valence electrons. The fourth-order valence-corrected chi connectivity index (χ4v) is 4.20. The van der Waals surface area contributed by atoms with E-state index in [0.717, 1.165) is 5.56 Å². The Balaban J connectivity index is 1.44. The molecule has 2 aromatic carbocycles. The van der Waals surface area contributed by atoms with Gasteiger partial charge < -0.3 is 14.2 Å². The van der Waals surface area contributed by atoms with Crippen molar-refractivity contribution in [2.45, 2.75) is 43.5 Å². The molecule has 2 aliphatic rings. The lowest BCUT2D eigenvalue weighted by Gasteiger charge is -2.45. The molecule has 5 atom stereocenters. The monoisotopic (exact) mass is 420 g/mol. The van der Waals surface area contributed by atoms with Gasteiger partial charge in [0.1, 0.15) is 23.7 Å². The van der Waals surface area contributed by atoms with Crippen LogP contribution in [0.3, 0.4) is 0 Å². The second-order valence-electron chi connectivity index (χ2n) is 7.73. The Morgan fingerprint density at radius 3 is 2.81 bits per heavy atom. The van der Waals surface area contributed by atoms with E-state index >= 15 is 0 Å². The van der Waals surface area contributed by atoms with Gasteiger partial charge in [-0.3, -0.25) is 0 Å². The summed E-state index contributed by atoms with van der Waals surface area (Å²) >= 11 is 0.